The number of nitro benzene ring substituents is 1. The molecule has 0 unspecified atom stereocenters. The van der Waals surface area contributed by atoms with Crippen LogP contribution < -0.4 is 5.32 Å². The van der Waals surface area contributed by atoms with Crippen molar-refractivity contribution in [3.05, 3.63) is 57.4 Å². The smallest absolute Gasteiger partial charge is 0.295 e. The second kappa shape index (κ2) is 5.57. The van der Waals surface area contributed by atoms with Crippen molar-refractivity contribution in [2.45, 2.75) is 0 Å². The fourth-order valence-corrected chi connectivity index (χ4v) is 1.48. The maximum atomic E-state index is 13.0. The lowest BCUT2D eigenvalue weighted by atomic mass is 10.2. The van der Waals surface area contributed by atoms with E-state index in [1.54, 1.807) is 0 Å². The second-order valence-corrected chi connectivity index (χ2v) is 3.98. The first-order chi connectivity index (χ1) is 9.47. The summed E-state index contributed by atoms with van der Waals surface area (Å²) in [6.45, 7) is 0. The largest absolute Gasteiger partial charge is 0.315 e. The molecule has 0 aliphatic rings. The van der Waals surface area contributed by atoms with E-state index >= 15 is 0 Å². The molecule has 0 bridgehead atoms. The van der Waals surface area contributed by atoms with Gasteiger partial charge in [0.25, 0.3) is 11.6 Å². The minimum atomic E-state index is -0.799. The van der Waals surface area contributed by atoms with Crippen LogP contribution in [0.1, 0.15) is 10.5 Å². The summed E-state index contributed by atoms with van der Waals surface area (Å²) in [5, 5.41) is 13.1. The molecule has 20 heavy (non-hydrogen) atoms. The van der Waals surface area contributed by atoms with E-state index in [1.165, 1.54) is 0 Å². The molecule has 0 saturated heterocycles. The lowest BCUT2D eigenvalue weighted by Gasteiger charge is -2.05. The quantitative estimate of drug-likeness (QED) is 0.693. The Balaban J connectivity index is 2.28. The zero-order valence-corrected chi connectivity index (χ0v) is 10.5. The molecule has 0 radical (unpaired) electrons. The number of hydrogen-bond donors (Lipinski definition) is 1. The second-order valence-electron chi connectivity index (χ2n) is 3.60. The number of rotatable bonds is 3. The molecule has 1 aromatic heterocycles. The van der Waals surface area contributed by atoms with E-state index in [-0.39, 0.29) is 16.5 Å². The van der Waals surface area contributed by atoms with E-state index in [0.29, 0.717) is 6.07 Å². The van der Waals surface area contributed by atoms with E-state index in [1.807, 2.05) is 0 Å². The highest BCUT2D eigenvalue weighted by molar-refractivity contribution is 6.29. The normalized spacial score (nSPS) is 10.1. The Morgan fingerprint density at radius 1 is 1.35 bits per heavy atom. The molecule has 0 aliphatic carbocycles. The molecule has 0 saturated carbocycles. The third-order valence-electron chi connectivity index (χ3n) is 2.26. The molecule has 0 aliphatic heterocycles. The van der Waals surface area contributed by atoms with Gasteiger partial charge in [0.2, 0.25) is 0 Å². The molecule has 2 rings (SSSR count). The molecule has 0 spiro atoms. The summed E-state index contributed by atoms with van der Waals surface area (Å²) >= 11 is 5.52. The lowest BCUT2D eigenvalue weighted by molar-refractivity contribution is -0.384. The highest BCUT2D eigenvalue weighted by atomic mass is 35.5. The first-order valence-electron chi connectivity index (χ1n) is 5.20. The van der Waals surface area contributed by atoms with Gasteiger partial charge in [-0.2, -0.15) is 0 Å². The van der Waals surface area contributed by atoms with Crippen LogP contribution in [-0.2, 0) is 0 Å². The Bertz CT molecular complexity index is 678. The van der Waals surface area contributed by atoms with Crippen molar-refractivity contribution >= 4 is 28.9 Å². The van der Waals surface area contributed by atoms with Gasteiger partial charge >= 0.3 is 0 Å². The van der Waals surface area contributed by atoms with Crippen LogP contribution in [0.4, 0.5) is 15.8 Å². The van der Waals surface area contributed by atoms with Crippen LogP contribution in [-0.4, -0.2) is 20.8 Å². The Kier molecular flexibility index (Phi) is 3.85. The van der Waals surface area contributed by atoms with Crippen LogP contribution in [0.5, 0.6) is 0 Å². The SMILES string of the molecule is O=C(Nc1ccc(F)cc1[N+](=O)[O-])c1cnc(Cl)cn1. The van der Waals surface area contributed by atoms with Crippen molar-refractivity contribution in [3.63, 3.8) is 0 Å². The topological polar surface area (TPSA) is 98.0 Å². The summed E-state index contributed by atoms with van der Waals surface area (Å²) in [7, 11) is 0. The van der Waals surface area contributed by atoms with Crippen molar-refractivity contribution in [2.24, 2.45) is 0 Å². The van der Waals surface area contributed by atoms with Gasteiger partial charge in [0.15, 0.2) is 0 Å². The van der Waals surface area contributed by atoms with Gasteiger partial charge in [-0.25, -0.2) is 14.4 Å². The van der Waals surface area contributed by atoms with Gasteiger partial charge in [0.05, 0.1) is 23.4 Å². The number of amides is 1. The van der Waals surface area contributed by atoms with Gasteiger partial charge < -0.3 is 5.32 Å². The Labute approximate surface area is 116 Å². The Morgan fingerprint density at radius 2 is 2.10 bits per heavy atom. The van der Waals surface area contributed by atoms with Gasteiger partial charge in [0.1, 0.15) is 22.4 Å². The molecule has 102 valence electrons. The number of nitrogens with zero attached hydrogens (tertiary/aromatic N) is 3. The summed E-state index contributed by atoms with van der Waals surface area (Å²) in [5.74, 6) is -1.50. The third-order valence-corrected chi connectivity index (χ3v) is 2.45. The third kappa shape index (κ3) is 3.04. The predicted molar refractivity (Wildman–Crippen MR) is 68.0 cm³/mol. The number of carbonyl (C=O) groups is 1. The fraction of sp³-hybridized carbons (Fsp3) is 0. The van der Waals surface area contributed by atoms with Crippen LogP contribution >= 0.6 is 11.6 Å². The van der Waals surface area contributed by atoms with Crippen LogP contribution in [0.3, 0.4) is 0 Å². The number of nitrogens with one attached hydrogen (secondary N) is 1. The summed E-state index contributed by atoms with van der Waals surface area (Å²) in [6, 6.07) is 2.80. The van der Waals surface area contributed by atoms with Crippen LogP contribution in [0.2, 0.25) is 5.15 Å². The fourth-order valence-electron chi connectivity index (χ4n) is 1.38. The maximum Gasteiger partial charge on any atom is 0.295 e. The van der Waals surface area contributed by atoms with Gasteiger partial charge in [-0.05, 0) is 12.1 Å². The van der Waals surface area contributed by atoms with Crippen LogP contribution in [0.15, 0.2) is 30.6 Å². The zero-order valence-electron chi connectivity index (χ0n) is 9.71. The highest BCUT2D eigenvalue weighted by Gasteiger charge is 2.18. The number of carbonyl (C=O) groups excluding carboxylic acids is 1. The first-order valence-corrected chi connectivity index (χ1v) is 5.58. The van der Waals surface area contributed by atoms with Crippen molar-refractivity contribution in [1.29, 1.82) is 0 Å². The number of halogens is 2. The first kappa shape index (κ1) is 13.8. The van der Waals surface area contributed by atoms with Crippen molar-refractivity contribution in [3.8, 4) is 0 Å². The molecule has 1 amide bonds. The molecular formula is C11H6ClFN4O3. The lowest BCUT2D eigenvalue weighted by Crippen LogP contribution is -2.15. The summed E-state index contributed by atoms with van der Waals surface area (Å²) in [4.78, 5) is 29.2. The molecule has 7 nitrogen and oxygen atoms in total. The van der Waals surface area contributed by atoms with Crippen molar-refractivity contribution in [2.75, 3.05) is 5.32 Å². The average molecular weight is 297 g/mol. The summed E-state index contributed by atoms with van der Waals surface area (Å²) in [5.41, 5.74) is -0.772. The molecule has 1 aromatic carbocycles. The van der Waals surface area contributed by atoms with Crippen LogP contribution in [0, 0.1) is 15.9 Å². The zero-order chi connectivity index (χ0) is 14.7. The highest BCUT2D eigenvalue weighted by Crippen LogP contribution is 2.25. The van der Waals surface area contributed by atoms with Gasteiger partial charge in [0, 0.05) is 0 Å². The minimum Gasteiger partial charge on any atom is -0.315 e. The molecule has 9 heteroatoms. The number of aromatic nitrogens is 2. The minimum absolute atomic E-state index is 0.0759. The molecular weight excluding hydrogens is 291 g/mol. The number of anilines is 1. The van der Waals surface area contributed by atoms with E-state index < -0.39 is 22.3 Å². The van der Waals surface area contributed by atoms with E-state index in [0.717, 1.165) is 24.5 Å². The average Bonchev–Trinajstić information content (AvgIpc) is 2.41. The molecule has 1 N–H and O–H groups in total. The molecule has 0 atom stereocenters. The Morgan fingerprint density at radius 3 is 2.70 bits per heavy atom. The van der Waals surface area contributed by atoms with E-state index in [4.69, 9.17) is 11.6 Å². The van der Waals surface area contributed by atoms with Crippen molar-refractivity contribution < 1.29 is 14.1 Å². The van der Waals surface area contributed by atoms with Gasteiger partial charge in [-0.15, -0.1) is 0 Å². The monoisotopic (exact) mass is 296 g/mol. The maximum absolute atomic E-state index is 13.0. The molecule has 1 heterocycles. The number of hydrogen-bond acceptors (Lipinski definition) is 5. The number of nitro groups is 1. The van der Waals surface area contributed by atoms with Crippen LogP contribution in [0.25, 0.3) is 0 Å². The Hall–Kier alpha value is -2.61. The summed E-state index contributed by atoms with van der Waals surface area (Å²) in [6.07, 6.45) is 2.28. The van der Waals surface area contributed by atoms with Gasteiger partial charge in [-0.1, -0.05) is 11.6 Å². The summed E-state index contributed by atoms with van der Waals surface area (Å²) < 4.78 is 13.0. The van der Waals surface area contributed by atoms with Gasteiger partial charge in [-0.3, -0.25) is 14.9 Å². The molecule has 2 aromatic rings. The van der Waals surface area contributed by atoms with Crippen molar-refractivity contribution in [1.82, 2.24) is 9.97 Å². The van der Waals surface area contributed by atoms with E-state index in [2.05, 4.69) is 15.3 Å². The predicted octanol–water partition coefficient (Wildman–Crippen LogP) is 2.43. The molecule has 0 fully saturated rings. The standard InChI is InChI=1S/C11H6ClFN4O3/c12-10-5-14-8(4-15-10)11(18)16-7-2-1-6(13)3-9(7)17(19)20/h1-5H,(H,16,18). The van der Waals surface area contributed by atoms with E-state index in [9.17, 15) is 19.3 Å². The number of benzene rings is 1.